The van der Waals surface area contributed by atoms with Crippen LogP contribution in [0.2, 0.25) is 0 Å². The minimum Gasteiger partial charge on any atom is -0.382 e. The highest BCUT2D eigenvalue weighted by Gasteiger charge is 2.22. The zero-order valence-corrected chi connectivity index (χ0v) is 7.39. The summed E-state index contributed by atoms with van der Waals surface area (Å²) in [5.74, 6) is -0.215. The first-order valence-corrected chi connectivity index (χ1v) is 4.55. The van der Waals surface area contributed by atoms with Gasteiger partial charge in [-0.05, 0) is 25.0 Å². The fraction of sp³-hybridized carbons (Fsp3) is 0.400. The molecule has 3 heteroatoms. The van der Waals surface area contributed by atoms with Crippen LogP contribution in [0.4, 0.5) is 10.1 Å². The van der Waals surface area contributed by atoms with Gasteiger partial charge in [0.15, 0.2) is 0 Å². The summed E-state index contributed by atoms with van der Waals surface area (Å²) in [5, 5.41) is 3.26. The molecule has 0 heterocycles. The van der Waals surface area contributed by atoms with Crippen LogP contribution < -0.4 is 11.1 Å². The summed E-state index contributed by atoms with van der Waals surface area (Å²) in [6.07, 6.45) is 2.36. The maximum Gasteiger partial charge on any atom is 0.129 e. The van der Waals surface area contributed by atoms with Crippen LogP contribution in [-0.4, -0.2) is 6.04 Å². The van der Waals surface area contributed by atoms with Gasteiger partial charge in [-0.2, -0.15) is 0 Å². The first-order valence-electron chi connectivity index (χ1n) is 4.55. The molecule has 0 spiro atoms. The lowest BCUT2D eigenvalue weighted by atomic mass is 10.1. The van der Waals surface area contributed by atoms with Gasteiger partial charge < -0.3 is 11.1 Å². The summed E-state index contributed by atoms with van der Waals surface area (Å²) in [6.45, 7) is 0.252. The molecule has 2 rings (SSSR count). The second kappa shape index (κ2) is 3.34. The molecule has 1 aromatic rings. The van der Waals surface area contributed by atoms with Gasteiger partial charge in [0, 0.05) is 23.8 Å². The quantitative estimate of drug-likeness (QED) is 0.745. The van der Waals surface area contributed by atoms with Crippen LogP contribution in [0.3, 0.4) is 0 Å². The van der Waals surface area contributed by atoms with Crippen molar-refractivity contribution in [2.45, 2.75) is 25.4 Å². The zero-order chi connectivity index (χ0) is 9.26. The molecule has 13 heavy (non-hydrogen) atoms. The van der Waals surface area contributed by atoms with Gasteiger partial charge in [0.25, 0.3) is 0 Å². The number of nitrogens with two attached hydrogens (primary N) is 1. The number of hydrogen-bond acceptors (Lipinski definition) is 2. The Bertz CT molecular complexity index is 308. The largest absolute Gasteiger partial charge is 0.382 e. The molecule has 1 fully saturated rings. The number of anilines is 1. The first-order chi connectivity index (χ1) is 6.31. The third kappa shape index (κ3) is 1.80. The highest BCUT2D eigenvalue weighted by atomic mass is 19.1. The number of nitrogens with one attached hydrogen (secondary N) is 1. The Morgan fingerprint density at radius 2 is 2.23 bits per heavy atom. The Hall–Kier alpha value is -1.09. The fourth-order valence-corrected chi connectivity index (χ4v) is 1.35. The molecule has 3 N–H and O–H groups in total. The van der Waals surface area contributed by atoms with E-state index < -0.39 is 0 Å². The molecule has 0 aromatic heterocycles. The van der Waals surface area contributed by atoms with Crippen molar-refractivity contribution in [2.24, 2.45) is 5.73 Å². The van der Waals surface area contributed by atoms with Crippen LogP contribution in [0, 0.1) is 5.82 Å². The van der Waals surface area contributed by atoms with Crippen LogP contribution in [0.5, 0.6) is 0 Å². The lowest BCUT2D eigenvalue weighted by molar-refractivity contribution is 0.611. The minimum atomic E-state index is -0.215. The average molecular weight is 180 g/mol. The zero-order valence-electron chi connectivity index (χ0n) is 7.39. The number of halogens is 1. The standard InChI is InChI=1S/C10H13FN2/c11-9-2-1-3-10(8(9)6-12)13-7-4-5-7/h1-3,7,13H,4-6,12H2. The van der Waals surface area contributed by atoms with E-state index in [1.54, 1.807) is 6.07 Å². The van der Waals surface area contributed by atoms with Gasteiger partial charge in [-0.25, -0.2) is 4.39 Å². The second-order valence-electron chi connectivity index (χ2n) is 3.39. The SMILES string of the molecule is NCc1c(F)cccc1NC1CC1. The van der Waals surface area contributed by atoms with Gasteiger partial charge in [0.2, 0.25) is 0 Å². The Labute approximate surface area is 76.9 Å². The smallest absolute Gasteiger partial charge is 0.129 e. The average Bonchev–Trinajstić information content (AvgIpc) is 2.89. The molecule has 0 amide bonds. The Kier molecular flexibility index (Phi) is 2.19. The van der Waals surface area contributed by atoms with Crippen molar-refractivity contribution in [3.05, 3.63) is 29.6 Å². The predicted octanol–water partition coefficient (Wildman–Crippen LogP) is 1.86. The van der Waals surface area contributed by atoms with Gasteiger partial charge >= 0.3 is 0 Å². The number of rotatable bonds is 3. The van der Waals surface area contributed by atoms with Crippen LogP contribution >= 0.6 is 0 Å². The first kappa shape index (κ1) is 8.51. The molecule has 0 unspecified atom stereocenters. The lowest BCUT2D eigenvalue weighted by Gasteiger charge is -2.10. The van der Waals surface area contributed by atoms with E-state index in [0.717, 1.165) is 5.69 Å². The van der Waals surface area contributed by atoms with Crippen LogP contribution in [0.25, 0.3) is 0 Å². The van der Waals surface area contributed by atoms with Crippen molar-refractivity contribution in [1.82, 2.24) is 0 Å². The van der Waals surface area contributed by atoms with E-state index >= 15 is 0 Å². The summed E-state index contributed by atoms with van der Waals surface area (Å²) in [6, 6.07) is 5.57. The summed E-state index contributed by atoms with van der Waals surface area (Å²) in [4.78, 5) is 0. The summed E-state index contributed by atoms with van der Waals surface area (Å²) in [5.41, 5.74) is 6.91. The molecule has 2 nitrogen and oxygen atoms in total. The summed E-state index contributed by atoms with van der Waals surface area (Å²) < 4.78 is 13.2. The van der Waals surface area contributed by atoms with Crippen molar-refractivity contribution >= 4 is 5.69 Å². The molecule has 0 atom stereocenters. The summed E-state index contributed by atoms with van der Waals surface area (Å²) >= 11 is 0. The normalized spacial score (nSPS) is 15.8. The van der Waals surface area contributed by atoms with E-state index in [0.29, 0.717) is 11.6 Å². The van der Waals surface area contributed by atoms with Crippen LogP contribution in [0.15, 0.2) is 18.2 Å². The number of hydrogen-bond donors (Lipinski definition) is 2. The highest BCUT2D eigenvalue weighted by molar-refractivity contribution is 5.53. The van der Waals surface area contributed by atoms with Crippen molar-refractivity contribution in [2.75, 3.05) is 5.32 Å². The second-order valence-corrected chi connectivity index (χ2v) is 3.39. The maximum absolute atomic E-state index is 13.2. The topological polar surface area (TPSA) is 38.0 Å². The molecular weight excluding hydrogens is 167 g/mol. The van der Waals surface area contributed by atoms with Crippen molar-refractivity contribution in [3.8, 4) is 0 Å². The van der Waals surface area contributed by atoms with Gasteiger partial charge in [0.05, 0.1) is 0 Å². The van der Waals surface area contributed by atoms with Crippen molar-refractivity contribution in [3.63, 3.8) is 0 Å². The summed E-state index contributed by atoms with van der Waals surface area (Å²) in [7, 11) is 0. The van der Waals surface area contributed by atoms with E-state index in [1.807, 2.05) is 6.07 Å². The van der Waals surface area contributed by atoms with E-state index in [1.165, 1.54) is 18.9 Å². The Morgan fingerprint density at radius 3 is 2.85 bits per heavy atom. The molecule has 70 valence electrons. The van der Waals surface area contributed by atoms with Crippen LogP contribution in [0.1, 0.15) is 18.4 Å². The third-order valence-corrected chi connectivity index (χ3v) is 2.26. The van der Waals surface area contributed by atoms with Crippen molar-refractivity contribution in [1.29, 1.82) is 0 Å². The van der Waals surface area contributed by atoms with Crippen LogP contribution in [-0.2, 0) is 6.54 Å². The lowest BCUT2D eigenvalue weighted by Crippen LogP contribution is -2.08. The van der Waals surface area contributed by atoms with E-state index in [2.05, 4.69) is 5.32 Å². The Balaban J connectivity index is 2.25. The van der Waals surface area contributed by atoms with Gasteiger partial charge in [-0.3, -0.25) is 0 Å². The molecule has 1 saturated carbocycles. The highest BCUT2D eigenvalue weighted by Crippen LogP contribution is 2.27. The molecule has 0 aliphatic heterocycles. The maximum atomic E-state index is 13.2. The molecule has 0 radical (unpaired) electrons. The van der Waals surface area contributed by atoms with E-state index in [4.69, 9.17) is 5.73 Å². The molecule has 1 aliphatic carbocycles. The molecule has 1 aliphatic rings. The van der Waals surface area contributed by atoms with Gasteiger partial charge in [0.1, 0.15) is 5.82 Å². The van der Waals surface area contributed by atoms with E-state index in [-0.39, 0.29) is 12.4 Å². The van der Waals surface area contributed by atoms with Gasteiger partial charge in [-0.15, -0.1) is 0 Å². The fourth-order valence-electron chi connectivity index (χ4n) is 1.35. The molecule has 0 bridgehead atoms. The third-order valence-electron chi connectivity index (χ3n) is 2.26. The Morgan fingerprint density at radius 1 is 1.46 bits per heavy atom. The minimum absolute atomic E-state index is 0.215. The van der Waals surface area contributed by atoms with Gasteiger partial charge in [-0.1, -0.05) is 6.07 Å². The monoisotopic (exact) mass is 180 g/mol. The van der Waals surface area contributed by atoms with Crippen molar-refractivity contribution < 1.29 is 4.39 Å². The molecule has 1 aromatic carbocycles. The molecular formula is C10H13FN2. The predicted molar refractivity (Wildman–Crippen MR) is 50.9 cm³/mol. The molecule has 0 saturated heterocycles. The van der Waals surface area contributed by atoms with E-state index in [9.17, 15) is 4.39 Å². The number of benzene rings is 1.